The van der Waals surface area contributed by atoms with Crippen molar-refractivity contribution in [2.24, 2.45) is 0 Å². The number of rotatable bonds is 5. The number of nitrogens with zero attached hydrogens (tertiary/aromatic N) is 3. The van der Waals surface area contributed by atoms with Crippen LogP contribution in [0.25, 0.3) is 10.9 Å². The molecule has 0 aliphatic heterocycles. The summed E-state index contributed by atoms with van der Waals surface area (Å²) >= 11 is 6.95. The minimum Gasteiger partial charge on any atom is -0.494 e. The van der Waals surface area contributed by atoms with Gasteiger partial charge in [-0.1, -0.05) is 0 Å². The minimum absolute atomic E-state index is 0.0116. The van der Waals surface area contributed by atoms with E-state index in [0.717, 1.165) is 25.7 Å². The predicted molar refractivity (Wildman–Crippen MR) is 107 cm³/mol. The number of nitro benzene ring substituents is 1. The van der Waals surface area contributed by atoms with Crippen molar-refractivity contribution >= 4 is 54.1 Å². The maximum atomic E-state index is 11.0. The summed E-state index contributed by atoms with van der Waals surface area (Å²) in [6.07, 6.45) is 0. The van der Waals surface area contributed by atoms with Crippen molar-refractivity contribution < 1.29 is 9.66 Å². The summed E-state index contributed by atoms with van der Waals surface area (Å²) in [7, 11) is 1.60. The van der Waals surface area contributed by atoms with Crippen molar-refractivity contribution in [1.82, 2.24) is 9.97 Å². The van der Waals surface area contributed by atoms with Gasteiger partial charge in [-0.15, -0.1) is 0 Å². The van der Waals surface area contributed by atoms with Crippen LogP contribution in [0.5, 0.6) is 5.75 Å². The van der Waals surface area contributed by atoms with Gasteiger partial charge in [0.25, 0.3) is 5.69 Å². The Bertz CT molecular complexity index is 988. The summed E-state index contributed by atoms with van der Waals surface area (Å²) in [6.45, 7) is 2.21. The van der Waals surface area contributed by atoms with Gasteiger partial charge in [0, 0.05) is 23.2 Å². The molecule has 0 fully saturated rings. The van der Waals surface area contributed by atoms with Gasteiger partial charge in [0.1, 0.15) is 11.6 Å². The molecule has 0 amide bonds. The number of aryl methyl sites for hydroxylation is 1. The lowest BCUT2D eigenvalue weighted by Crippen LogP contribution is -2.05. The zero-order valence-corrected chi connectivity index (χ0v) is 17.1. The molecule has 9 heteroatoms. The quantitative estimate of drug-likeness (QED) is 0.407. The smallest absolute Gasteiger partial charge is 0.271 e. The van der Waals surface area contributed by atoms with Gasteiger partial charge in [-0.25, -0.2) is 9.97 Å². The fourth-order valence-corrected chi connectivity index (χ4v) is 4.11. The SMILES string of the molecule is COc1c(Br)cc(NCc2nc(C)nc3cc([N+](=O)[O-])ccc23)cc1Br. The third-order valence-corrected chi connectivity index (χ3v) is 4.92. The number of aromatic nitrogens is 2. The van der Waals surface area contributed by atoms with Gasteiger partial charge < -0.3 is 10.1 Å². The average Bonchev–Trinajstić information content (AvgIpc) is 2.58. The van der Waals surface area contributed by atoms with E-state index in [2.05, 4.69) is 47.1 Å². The van der Waals surface area contributed by atoms with E-state index in [-0.39, 0.29) is 5.69 Å². The summed E-state index contributed by atoms with van der Waals surface area (Å²) in [5.74, 6) is 1.28. The maximum absolute atomic E-state index is 11.0. The Morgan fingerprint density at radius 2 is 1.88 bits per heavy atom. The lowest BCUT2D eigenvalue weighted by atomic mass is 10.1. The molecule has 3 rings (SSSR count). The molecule has 0 radical (unpaired) electrons. The number of hydrogen-bond donors (Lipinski definition) is 1. The summed E-state index contributed by atoms with van der Waals surface area (Å²) in [5, 5.41) is 15.1. The van der Waals surface area contributed by atoms with Gasteiger partial charge in [-0.3, -0.25) is 10.1 Å². The van der Waals surface area contributed by atoms with Crippen molar-refractivity contribution in [2.75, 3.05) is 12.4 Å². The summed E-state index contributed by atoms with van der Waals surface area (Å²) in [4.78, 5) is 19.3. The summed E-state index contributed by atoms with van der Waals surface area (Å²) in [6, 6.07) is 8.43. The lowest BCUT2D eigenvalue weighted by molar-refractivity contribution is -0.384. The Kier molecular flexibility index (Phi) is 5.38. The Morgan fingerprint density at radius 1 is 1.19 bits per heavy atom. The van der Waals surface area contributed by atoms with Crippen LogP contribution in [0.1, 0.15) is 11.5 Å². The zero-order valence-electron chi connectivity index (χ0n) is 13.9. The van der Waals surface area contributed by atoms with Crippen molar-refractivity contribution in [3.8, 4) is 5.75 Å². The Labute approximate surface area is 166 Å². The monoisotopic (exact) mass is 480 g/mol. The van der Waals surface area contributed by atoms with Crippen molar-refractivity contribution in [2.45, 2.75) is 13.5 Å². The number of nitrogens with one attached hydrogen (secondary N) is 1. The van der Waals surface area contributed by atoms with Crippen LogP contribution in [0.2, 0.25) is 0 Å². The largest absolute Gasteiger partial charge is 0.494 e. The fraction of sp³-hybridized carbons (Fsp3) is 0.176. The van der Waals surface area contributed by atoms with Gasteiger partial charge in [0.2, 0.25) is 0 Å². The van der Waals surface area contributed by atoms with Gasteiger partial charge >= 0.3 is 0 Å². The number of methoxy groups -OCH3 is 1. The first-order valence-corrected chi connectivity index (χ1v) is 9.16. The molecule has 0 aliphatic rings. The third-order valence-electron chi connectivity index (χ3n) is 3.74. The van der Waals surface area contributed by atoms with Crippen LogP contribution in [-0.2, 0) is 6.54 Å². The highest BCUT2D eigenvalue weighted by molar-refractivity contribution is 9.11. The molecule has 0 atom stereocenters. The van der Waals surface area contributed by atoms with E-state index in [1.54, 1.807) is 20.1 Å². The molecular formula is C17H14Br2N4O3. The van der Waals surface area contributed by atoms with Gasteiger partial charge in [-0.05, 0) is 57.0 Å². The maximum Gasteiger partial charge on any atom is 0.271 e. The van der Waals surface area contributed by atoms with Gasteiger partial charge in [0.05, 0.1) is 38.7 Å². The van der Waals surface area contributed by atoms with E-state index in [4.69, 9.17) is 4.74 Å². The third kappa shape index (κ3) is 3.78. The molecule has 1 aromatic heterocycles. The minimum atomic E-state index is -0.429. The fourth-order valence-electron chi connectivity index (χ4n) is 2.60. The molecule has 0 saturated heterocycles. The molecule has 0 aliphatic carbocycles. The normalized spacial score (nSPS) is 10.8. The van der Waals surface area contributed by atoms with E-state index < -0.39 is 4.92 Å². The summed E-state index contributed by atoms with van der Waals surface area (Å²) in [5.41, 5.74) is 2.21. The van der Waals surface area contributed by atoms with E-state index in [9.17, 15) is 10.1 Å². The number of hydrogen-bond acceptors (Lipinski definition) is 6. The first kappa shape index (κ1) is 18.5. The van der Waals surface area contributed by atoms with E-state index in [1.165, 1.54) is 12.1 Å². The van der Waals surface area contributed by atoms with E-state index in [0.29, 0.717) is 23.6 Å². The Balaban J connectivity index is 1.93. The summed E-state index contributed by atoms with van der Waals surface area (Å²) < 4.78 is 6.93. The first-order valence-electron chi connectivity index (χ1n) is 7.57. The topological polar surface area (TPSA) is 90.2 Å². The molecule has 1 N–H and O–H groups in total. The second kappa shape index (κ2) is 7.55. The molecule has 0 saturated carbocycles. The standard InChI is InChI=1S/C17H14Br2N4O3/c1-9-21-15-7-11(23(24)25)3-4-12(15)16(22-9)8-20-10-5-13(18)17(26-2)14(19)6-10/h3-7,20H,8H2,1-2H3. The van der Waals surface area contributed by atoms with E-state index in [1.807, 2.05) is 12.1 Å². The van der Waals surface area contributed by atoms with Crippen molar-refractivity contribution in [3.05, 3.63) is 60.9 Å². The number of benzene rings is 2. The second-order valence-electron chi connectivity index (χ2n) is 5.50. The molecule has 7 nitrogen and oxygen atoms in total. The van der Waals surface area contributed by atoms with Crippen molar-refractivity contribution in [3.63, 3.8) is 0 Å². The Hall–Kier alpha value is -2.26. The molecule has 0 spiro atoms. The molecular weight excluding hydrogens is 468 g/mol. The van der Waals surface area contributed by atoms with Crippen LogP contribution < -0.4 is 10.1 Å². The highest BCUT2D eigenvalue weighted by atomic mass is 79.9. The number of nitro groups is 1. The number of anilines is 1. The van der Waals surface area contributed by atoms with E-state index >= 15 is 0 Å². The molecule has 3 aromatic rings. The van der Waals surface area contributed by atoms with Crippen LogP contribution in [0.15, 0.2) is 39.3 Å². The molecule has 134 valence electrons. The highest BCUT2D eigenvalue weighted by Gasteiger charge is 2.12. The lowest BCUT2D eigenvalue weighted by Gasteiger charge is -2.12. The molecule has 0 unspecified atom stereocenters. The predicted octanol–water partition coefficient (Wildman–Crippen LogP) is 4.99. The van der Waals surface area contributed by atoms with Crippen molar-refractivity contribution in [1.29, 1.82) is 0 Å². The van der Waals surface area contributed by atoms with Gasteiger partial charge in [-0.2, -0.15) is 0 Å². The average molecular weight is 482 g/mol. The van der Waals surface area contributed by atoms with Crippen LogP contribution in [0.4, 0.5) is 11.4 Å². The molecule has 0 bridgehead atoms. The molecule has 1 heterocycles. The number of non-ortho nitro benzene ring substituents is 1. The van der Waals surface area contributed by atoms with Crippen LogP contribution >= 0.6 is 31.9 Å². The first-order chi connectivity index (χ1) is 12.4. The zero-order chi connectivity index (χ0) is 18.8. The van der Waals surface area contributed by atoms with Crippen LogP contribution in [0, 0.1) is 17.0 Å². The van der Waals surface area contributed by atoms with Gasteiger partial charge in [0.15, 0.2) is 0 Å². The number of ether oxygens (including phenoxy) is 1. The van der Waals surface area contributed by atoms with Crippen LogP contribution in [0.3, 0.4) is 0 Å². The number of fused-ring (bicyclic) bond motifs is 1. The number of halogens is 2. The molecule has 2 aromatic carbocycles. The van der Waals surface area contributed by atoms with Crippen LogP contribution in [-0.4, -0.2) is 22.0 Å². The second-order valence-corrected chi connectivity index (χ2v) is 7.21. The highest BCUT2D eigenvalue weighted by Crippen LogP contribution is 2.36. The molecule has 26 heavy (non-hydrogen) atoms. The Morgan fingerprint density at radius 3 is 2.50 bits per heavy atom.